The summed E-state index contributed by atoms with van der Waals surface area (Å²) in [5, 5.41) is 6.51. The number of aliphatic imine (C=N–C) groups is 1. The number of nitrogens with zero attached hydrogens (tertiary/aromatic N) is 2. The summed E-state index contributed by atoms with van der Waals surface area (Å²) in [5.74, 6) is -0.520. The van der Waals surface area contributed by atoms with Crippen molar-refractivity contribution < 1.29 is 13.2 Å². The average Bonchev–Trinajstić information content (AvgIpc) is 3.20. The minimum absolute atomic E-state index is 0.0415. The van der Waals surface area contributed by atoms with Crippen LogP contribution in [0.2, 0.25) is 0 Å². The lowest BCUT2D eigenvalue weighted by Gasteiger charge is -2.31. The molecule has 0 bridgehead atoms. The van der Waals surface area contributed by atoms with E-state index in [-0.39, 0.29) is 18.9 Å². The van der Waals surface area contributed by atoms with E-state index in [0.717, 1.165) is 18.7 Å². The summed E-state index contributed by atoms with van der Waals surface area (Å²) < 4.78 is 38.3. The molecule has 1 fully saturated rings. The van der Waals surface area contributed by atoms with Crippen LogP contribution in [-0.4, -0.2) is 38.3 Å². The number of hydrogen-bond acceptors (Lipinski definition) is 2. The molecule has 2 N–H and O–H groups in total. The lowest BCUT2D eigenvalue weighted by Crippen LogP contribution is -2.45. The summed E-state index contributed by atoms with van der Waals surface area (Å²) in [6.45, 7) is 2.52. The highest BCUT2D eigenvalue weighted by Crippen LogP contribution is 2.37. The highest BCUT2D eigenvalue weighted by molar-refractivity contribution is 5.80. The summed E-state index contributed by atoms with van der Waals surface area (Å²) in [7, 11) is 1.68. The van der Waals surface area contributed by atoms with Crippen LogP contribution in [0.15, 0.2) is 41.4 Å². The summed E-state index contributed by atoms with van der Waals surface area (Å²) in [5.41, 5.74) is 2.34. The molecule has 0 spiro atoms. The Bertz CT molecular complexity index is 651. The van der Waals surface area contributed by atoms with Crippen LogP contribution in [0.1, 0.15) is 31.2 Å². The summed E-state index contributed by atoms with van der Waals surface area (Å²) in [6.07, 6.45) is 1.66. The maximum Gasteiger partial charge on any atom is 0.391 e. The fourth-order valence-electron chi connectivity index (χ4n) is 3.65. The van der Waals surface area contributed by atoms with Gasteiger partial charge in [-0.1, -0.05) is 24.3 Å². The zero-order valence-corrected chi connectivity index (χ0v) is 15.6. The normalized spacial score (nSPS) is 23.6. The lowest BCUT2D eigenvalue weighted by atomic mass is 9.85. The Morgan fingerprint density at radius 1 is 1.07 bits per heavy atom. The zero-order chi connectivity index (χ0) is 19.3. The van der Waals surface area contributed by atoms with E-state index in [9.17, 15) is 13.2 Å². The molecule has 7 heteroatoms. The molecule has 0 unspecified atom stereocenters. The Hall–Kier alpha value is -2.18. The predicted molar refractivity (Wildman–Crippen MR) is 103 cm³/mol. The SMILES string of the molecule is CN=C(NCc1ccc(N2CC=CC2)cc1)NC1CCC(C(F)(F)F)CC1. The monoisotopic (exact) mass is 380 g/mol. The van der Waals surface area contributed by atoms with Crippen molar-refractivity contribution in [2.24, 2.45) is 10.9 Å². The van der Waals surface area contributed by atoms with E-state index in [1.54, 1.807) is 7.05 Å². The highest BCUT2D eigenvalue weighted by Gasteiger charge is 2.41. The number of nitrogens with one attached hydrogen (secondary N) is 2. The van der Waals surface area contributed by atoms with Gasteiger partial charge in [0.25, 0.3) is 0 Å². The molecule has 1 aliphatic carbocycles. The van der Waals surface area contributed by atoms with Crippen molar-refractivity contribution in [2.45, 2.75) is 44.4 Å². The number of benzene rings is 1. The first-order valence-corrected chi connectivity index (χ1v) is 9.48. The molecule has 1 saturated carbocycles. The largest absolute Gasteiger partial charge is 0.391 e. The lowest BCUT2D eigenvalue weighted by molar-refractivity contribution is -0.182. The Kier molecular flexibility index (Phi) is 6.29. The molecule has 0 amide bonds. The first-order valence-electron chi connectivity index (χ1n) is 9.48. The molecule has 0 aromatic heterocycles. The minimum Gasteiger partial charge on any atom is -0.364 e. The van der Waals surface area contributed by atoms with E-state index in [4.69, 9.17) is 0 Å². The fourth-order valence-corrected chi connectivity index (χ4v) is 3.65. The van der Waals surface area contributed by atoms with E-state index in [1.165, 1.54) is 5.69 Å². The van der Waals surface area contributed by atoms with E-state index in [2.05, 4.69) is 56.9 Å². The first-order chi connectivity index (χ1) is 13.0. The second kappa shape index (κ2) is 8.67. The molecule has 2 aliphatic rings. The van der Waals surface area contributed by atoms with Gasteiger partial charge in [-0.05, 0) is 43.4 Å². The van der Waals surface area contributed by atoms with Crippen LogP contribution < -0.4 is 15.5 Å². The molecule has 1 aromatic rings. The number of alkyl halides is 3. The van der Waals surface area contributed by atoms with Crippen molar-refractivity contribution in [3.05, 3.63) is 42.0 Å². The molecule has 4 nitrogen and oxygen atoms in total. The number of rotatable bonds is 4. The molecule has 0 atom stereocenters. The quantitative estimate of drug-likeness (QED) is 0.474. The molecule has 1 heterocycles. The van der Waals surface area contributed by atoms with Crippen LogP contribution in [0.25, 0.3) is 0 Å². The molecule has 3 rings (SSSR count). The van der Waals surface area contributed by atoms with Gasteiger partial charge in [0, 0.05) is 38.4 Å². The second-order valence-corrected chi connectivity index (χ2v) is 7.20. The predicted octanol–water partition coefficient (Wildman–Crippen LogP) is 3.85. The molecule has 0 saturated heterocycles. The van der Waals surface area contributed by atoms with E-state index < -0.39 is 12.1 Å². The fraction of sp³-hybridized carbons (Fsp3) is 0.550. The van der Waals surface area contributed by atoms with Crippen LogP contribution in [0.5, 0.6) is 0 Å². The maximum atomic E-state index is 12.8. The van der Waals surface area contributed by atoms with Gasteiger partial charge in [0.1, 0.15) is 0 Å². The number of halogens is 3. The third-order valence-electron chi connectivity index (χ3n) is 5.33. The third kappa shape index (κ3) is 5.40. The third-order valence-corrected chi connectivity index (χ3v) is 5.33. The van der Waals surface area contributed by atoms with Crippen molar-refractivity contribution in [2.75, 3.05) is 25.0 Å². The van der Waals surface area contributed by atoms with Crippen LogP contribution in [-0.2, 0) is 6.54 Å². The minimum atomic E-state index is -4.07. The first kappa shape index (κ1) is 19.6. The van der Waals surface area contributed by atoms with Gasteiger partial charge in [-0.15, -0.1) is 0 Å². The van der Waals surface area contributed by atoms with Crippen molar-refractivity contribution in [3.63, 3.8) is 0 Å². The van der Waals surface area contributed by atoms with Gasteiger partial charge in [-0.3, -0.25) is 4.99 Å². The Morgan fingerprint density at radius 3 is 2.26 bits per heavy atom. The molecule has 27 heavy (non-hydrogen) atoms. The van der Waals surface area contributed by atoms with Gasteiger partial charge >= 0.3 is 6.18 Å². The number of hydrogen-bond donors (Lipinski definition) is 2. The van der Waals surface area contributed by atoms with Gasteiger partial charge in [0.2, 0.25) is 0 Å². The van der Waals surface area contributed by atoms with E-state index in [1.807, 2.05) is 0 Å². The van der Waals surface area contributed by atoms with Crippen LogP contribution in [0.4, 0.5) is 18.9 Å². The second-order valence-electron chi connectivity index (χ2n) is 7.20. The Balaban J connectivity index is 1.44. The van der Waals surface area contributed by atoms with Crippen LogP contribution in [0, 0.1) is 5.92 Å². The number of guanidine groups is 1. The van der Waals surface area contributed by atoms with Gasteiger partial charge < -0.3 is 15.5 Å². The molecular weight excluding hydrogens is 353 g/mol. The summed E-state index contributed by atoms with van der Waals surface area (Å²) in [6, 6.07) is 8.43. The standard InChI is InChI=1S/C20H27F3N4/c1-24-19(26-17-8-6-16(7-9-17)20(21,22)23)25-14-15-4-10-18(11-5-15)27-12-2-3-13-27/h2-5,10-11,16-17H,6-9,12-14H2,1H3,(H2,24,25,26). The van der Waals surface area contributed by atoms with Gasteiger partial charge in [-0.2, -0.15) is 13.2 Å². The van der Waals surface area contributed by atoms with Crippen molar-refractivity contribution in [1.82, 2.24) is 10.6 Å². The van der Waals surface area contributed by atoms with E-state index in [0.29, 0.717) is 25.3 Å². The molecular formula is C20H27F3N4. The van der Waals surface area contributed by atoms with Gasteiger partial charge in [0.15, 0.2) is 5.96 Å². The van der Waals surface area contributed by atoms with Crippen LogP contribution >= 0.6 is 0 Å². The smallest absolute Gasteiger partial charge is 0.364 e. The topological polar surface area (TPSA) is 39.7 Å². The molecule has 1 aliphatic heterocycles. The summed E-state index contributed by atoms with van der Waals surface area (Å²) in [4.78, 5) is 6.49. The Morgan fingerprint density at radius 2 is 1.70 bits per heavy atom. The maximum absolute atomic E-state index is 12.8. The van der Waals surface area contributed by atoms with Gasteiger partial charge in [0.05, 0.1) is 5.92 Å². The average molecular weight is 380 g/mol. The molecule has 148 valence electrons. The summed E-state index contributed by atoms with van der Waals surface area (Å²) >= 11 is 0. The molecule has 1 aromatic carbocycles. The van der Waals surface area contributed by atoms with E-state index >= 15 is 0 Å². The molecule has 0 radical (unpaired) electrons. The van der Waals surface area contributed by atoms with Crippen molar-refractivity contribution in [1.29, 1.82) is 0 Å². The van der Waals surface area contributed by atoms with Crippen molar-refractivity contribution in [3.8, 4) is 0 Å². The highest BCUT2D eigenvalue weighted by atomic mass is 19.4. The van der Waals surface area contributed by atoms with Gasteiger partial charge in [-0.25, -0.2) is 0 Å². The zero-order valence-electron chi connectivity index (χ0n) is 15.6. The van der Waals surface area contributed by atoms with Crippen LogP contribution in [0.3, 0.4) is 0 Å². The Labute approximate surface area is 158 Å². The number of anilines is 1. The van der Waals surface area contributed by atoms with Crippen molar-refractivity contribution >= 4 is 11.6 Å².